The van der Waals surface area contributed by atoms with Gasteiger partial charge in [-0.3, -0.25) is 5.14 Å². The number of carbonyl (C=O) groups excluding carboxylic acids is 1. The van der Waals surface area contributed by atoms with Gasteiger partial charge in [0.05, 0.1) is 11.9 Å². The second-order valence-corrected chi connectivity index (χ2v) is 5.45. The van der Waals surface area contributed by atoms with Gasteiger partial charge < -0.3 is 4.74 Å². The summed E-state index contributed by atoms with van der Waals surface area (Å²) < 4.78 is 7.42. The van der Waals surface area contributed by atoms with Crippen LogP contribution in [0.3, 0.4) is 0 Å². The Morgan fingerprint density at radius 2 is 1.62 bits per heavy atom. The van der Waals surface area contributed by atoms with E-state index in [1.807, 2.05) is 60.7 Å². The summed E-state index contributed by atoms with van der Waals surface area (Å²) in [5.74, 6) is -0.146. The number of amides is 1. The lowest BCUT2D eigenvalue weighted by molar-refractivity contribution is -0.362. The molecule has 5 heteroatoms. The van der Waals surface area contributed by atoms with Crippen LogP contribution in [-0.2, 0) is 15.1 Å². The Hall–Kier alpha value is -2.11. The zero-order valence-electron chi connectivity index (χ0n) is 11.5. The second-order valence-electron chi connectivity index (χ2n) is 4.86. The number of benzene rings is 2. The molecule has 4 nitrogen and oxygen atoms in total. The van der Waals surface area contributed by atoms with E-state index in [4.69, 9.17) is 9.88 Å². The van der Waals surface area contributed by atoms with Crippen molar-refractivity contribution >= 4 is 28.8 Å². The monoisotopic (exact) mass is 299 g/mol. The molecule has 3 rings (SSSR count). The molecule has 1 atom stereocenters. The molecule has 1 aliphatic heterocycles. The summed E-state index contributed by atoms with van der Waals surface area (Å²) in [6.45, 7) is 1.77. The van der Waals surface area contributed by atoms with Crippen molar-refractivity contribution in [2.75, 3.05) is 0 Å². The molecule has 106 valence electrons. The average molecular weight is 299 g/mol. The molecule has 2 aromatic carbocycles. The molecule has 0 saturated carbocycles. The Bertz CT molecular complexity index is 701. The number of para-hydroxylation sites is 1. The topological polar surface area (TPSA) is 55.3 Å². The van der Waals surface area contributed by atoms with Gasteiger partial charge in [0.15, 0.2) is 0 Å². The molecule has 0 bridgehead atoms. The van der Waals surface area contributed by atoms with Crippen molar-refractivity contribution in [2.45, 2.75) is 12.5 Å². The highest BCUT2D eigenvalue weighted by atomic mass is 32.2. The van der Waals surface area contributed by atoms with E-state index in [0.29, 0.717) is 5.23 Å². The van der Waals surface area contributed by atoms with E-state index in [2.05, 4.69) is 0 Å². The summed E-state index contributed by atoms with van der Waals surface area (Å²) in [6.07, 6.45) is 0. The van der Waals surface area contributed by atoms with Gasteiger partial charge in [0.25, 0.3) is 5.60 Å². The first-order chi connectivity index (χ1) is 10.2. The summed E-state index contributed by atoms with van der Waals surface area (Å²) in [4.78, 5) is 12.9. The van der Waals surface area contributed by atoms with Crippen LogP contribution in [0.2, 0.25) is 0 Å². The normalized spacial score (nSPS) is 21.5. The molecule has 2 aromatic rings. The van der Waals surface area contributed by atoms with Crippen LogP contribution in [0.1, 0.15) is 12.5 Å². The van der Waals surface area contributed by atoms with Gasteiger partial charge in [0, 0.05) is 17.7 Å². The summed E-state index contributed by atoms with van der Waals surface area (Å²) in [7, 11) is 0. The first-order valence-electron chi connectivity index (χ1n) is 6.54. The summed E-state index contributed by atoms with van der Waals surface area (Å²) in [5, 5.41) is 6.07. The van der Waals surface area contributed by atoms with Crippen molar-refractivity contribution < 1.29 is 14.1 Å². The van der Waals surface area contributed by atoms with Crippen LogP contribution < -0.4 is 5.14 Å². The van der Waals surface area contributed by atoms with Gasteiger partial charge in [-0.05, 0) is 6.92 Å². The molecule has 1 heterocycles. The number of ether oxygens (including phenoxy) is 1. The van der Waals surface area contributed by atoms with Crippen molar-refractivity contribution in [1.82, 2.24) is 0 Å². The highest BCUT2D eigenvalue weighted by Crippen LogP contribution is 2.36. The van der Waals surface area contributed by atoms with E-state index >= 15 is 0 Å². The highest BCUT2D eigenvalue weighted by molar-refractivity contribution is 8.11. The van der Waals surface area contributed by atoms with Crippen LogP contribution in [-0.4, -0.2) is 15.7 Å². The fourth-order valence-corrected chi connectivity index (χ4v) is 2.88. The van der Waals surface area contributed by atoms with Crippen LogP contribution in [0.15, 0.2) is 60.7 Å². The molecule has 0 aliphatic carbocycles. The van der Waals surface area contributed by atoms with Crippen LogP contribution in [0, 0.1) is 0 Å². The van der Waals surface area contributed by atoms with Gasteiger partial charge in [-0.1, -0.05) is 53.1 Å². The standard InChI is InChI=1S/C16H15N2O2S/c1-16(12-8-4-2-5-9-12)14(19)18(15(20-16)21-17)13-10-6-3-7-11-13/h2-11H,17H2,1H3/q+1/t16-/m0/s1. The molecule has 0 fully saturated rings. The van der Waals surface area contributed by atoms with Crippen LogP contribution in [0.5, 0.6) is 0 Å². The summed E-state index contributed by atoms with van der Waals surface area (Å²) in [5.41, 5.74) is 0.494. The SMILES string of the molecule is C[C@@]1(c2ccccc2)OC(SN)=[N+](c2ccccc2)C1=O. The first-order valence-corrected chi connectivity index (χ1v) is 7.42. The smallest absolute Gasteiger partial charge is 0.411 e. The fraction of sp³-hybridized carbons (Fsp3) is 0.125. The number of nitrogens with zero attached hydrogens (tertiary/aromatic N) is 1. The lowest BCUT2D eigenvalue weighted by atomic mass is 9.95. The first kappa shape index (κ1) is 13.9. The molecule has 21 heavy (non-hydrogen) atoms. The molecule has 2 N–H and O–H groups in total. The summed E-state index contributed by atoms with van der Waals surface area (Å²) >= 11 is 0.936. The maximum Gasteiger partial charge on any atom is 0.444 e. The third-order valence-corrected chi connectivity index (χ3v) is 3.99. The van der Waals surface area contributed by atoms with E-state index in [1.54, 1.807) is 6.92 Å². The predicted octanol–water partition coefficient (Wildman–Crippen LogP) is 2.77. The Morgan fingerprint density at radius 3 is 2.19 bits per heavy atom. The van der Waals surface area contributed by atoms with E-state index < -0.39 is 5.60 Å². The van der Waals surface area contributed by atoms with Gasteiger partial charge in [-0.25, -0.2) is 4.79 Å². The van der Waals surface area contributed by atoms with E-state index in [0.717, 1.165) is 23.2 Å². The van der Waals surface area contributed by atoms with Crippen LogP contribution in [0.4, 0.5) is 5.69 Å². The Morgan fingerprint density at radius 1 is 1.05 bits per heavy atom. The second kappa shape index (κ2) is 5.35. The molecule has 0 spiro atoms. The molecule has 1 amide bonds. The Balaban J connectivity index is 2.08. The maximum absolute atomic E-state index is 12.9. The minimum absolute atomic E-state index is 0.146. The van der Waals surface area contributed by atoms with Gasteiger partial charge in [-0.2, -0.15) is 0 Å². The van der Waals surface area contributed by atoms with Crippen molar-refractivity contribution in [3.8, 4) is 0 Å². The number of hydrogen-bond acceptors (Lipinski definition) is 4. The van der Waals surface area contributed by atoms with E-state index in [-0.39, 0.29) is 5.91 Å². The third-order valence-electron chi connectivity index (χ3n) is 3.53. The minimum atomic E-state index is -1.06. The van der Waals surface area contributed by atoms with Crippen molar-refractivity contribution in [3.05, 3.63) is 66.2 Å². The molecular weight excluding hydrogens is 284 g/mol. The maximum atomic E-state index is 12.9. The van der Waals surface area contributed by atoms with Crippen LogP contribution >= 0.6 is 11.9 Å². The Kier molecular flexibility index (Phi) is 3.53. The summed E-state index contributed by atoms with van der Waals surface area (Å²) in [6, 6.07) is 18.8. The number of nitrogens with two attached hydrogens (primary N) is 1. The fourth-order valence-electron chi connectivity index (χ4n) is 2.38. The zero-order chi connectivity index (χ0) is 14.9. The number of carbonyl (C=O) groups is 1. The highest BCUT2D eigenvalue weighted by Gasteiger charge is 2.55. The number of rotatable bonds is 2. The lowest BCUT2D eigenvalue weighted by Crippen LogP contribution is -2.33. The average Bonchev–Trinajstić information content (AvgIpc) is 2.81. The van der Waals surface area contributed by atoms with Gasteiger partial charge >= 0.3 is 11.1 Å². The van der Waals surface area contributed by atoms with Crippen LogP contribution in [0.25, 0.3) is 0 Å². The predicted molar refractivity (Wildman–Crippen MR) is 83.0 cm³/mol. The minimum Gasteiger partial charge on any atom is -0.411 e. The van der Waals surface area contributed by atoms with Gasteiger partial charge in [0.2, 0.25) is 5.69 Å². The van der Waals surface area contributed by atoms with Gasteiger partial charge in [0.1, 0.15) is 0 Å². The largest absolute Gasteiger partial charge is 0.444 e. The third kappa shape index (κ3) is 2.24. The molecule has 0 saturated heterocycles. The molecule has 0 unspecified atom stereocenters. The lowest BCUT2D eigenvalue weighted by Gasteiger charge is -2.17. The van der Waals surface area contributed by atoms with E-state index in [1.165, 1.54) is 4.58 Å². The van der Waals surface area contributed by atoms with Crippen molar-refractivity contribution in [1.29, 1.82) is 0 Å². The molecular formula is C16H15N2O2S+. The number of hydrogen-bond donors (Lipinski definition) is 1. The van der Waals surface area contributed by atoms with Crippen molar-refractivity contribution in [3.63, 3.8) is 0 Å². The van der Waals surface area contributed by atoms with Gasteiger partial charge in [-0.15, -0.1) is 0 Å². The van der Waals surface area contributed by atoms with E-state index in [9.17, 15) is 4.79 Å². The zero-order valence-corrected chi connectivity index (χ0v) is 12.3. The van der Waals surface area contributed by atoms with Crippen molar-refractivity contribution in [2.24, 2.45) is 5.14 Å². The molecule has 0 aromatic heterocycles. The Labute approximate surface area is 127 Å². The molecule has 0 radical (unpaired) electrons. The quantitative estimate of drug-likeness (QED) is 0.684. The molecule has 1 aliphatic rings.